The van der Waals surface area contributed by atoms with Gasteiger partial charge in [-0.1, -0.05) is 12.1 Å². The smallest absolute Gasteiger partial charge is 0.335 e. The number of carboxylic acids is 1. The van der Waals surface area contributed by atoms with E-state index in [9.17, 15) is 9.59 Å². The van der Waals surface area contributed by atoms with Gasteiger partial charge in [-0.25, -0.2) is 4.79 Å². The second kappa shape index (κ2) is 11.2. The number of hydrogen-bond acceptors (Lipinski definition) is 7. The summed E-state index contributed by atoms with van der Waals surface area (Å²) < 4.78 is 16.2. The number of ether oxygens (including phenoxy) is 3. The van der Waals surface area contributed by atoms with Gasteiger partial charge in [-0.3, -0.25) is 10.2 Å². The van der Waals surface area contributed by atoms with Crippen molar-refractivity contribution in [1.29, 1.82) is 0 Å². The van der Waals surface area contributed by atoms with Gasteiger partial charge in [-0.2, -0.15) is 5.10 Å². The fraction of sp³-hybridized carbons (Fsp3) is 0.125. The third kappa shape index (κ3) is 6.47. The minimum atomic E-state index is -0.989. The van der Waals surface area contributed by atoms with Crippen molar-refractivity contribution in [3.8, 4) is 17.2 Å². The van der Waals surface area contributed by atoms with E-state index in [1.54, 1.807) is 54.7 Å². The molecule has 0 aliphatic heterocycles. The van der Waals surface area contributed by atoms with E-state index in [-0.39, 0.29) is 18.1 Å². The number of nitrogens with one attached hydrogen (secondary N) is 2. The highest BCUT2D eigenvalue weighted by Gasteiger charge is 2.10. The van der Waals surface area contributed by atoms with E-state index < -0.39 is 5.97 Å². The number of anilines is 2. The fourth-order valence-corrected chi connectivity index (χ4v) is 2.83. The maximum atomic E-state index is 12.3. The molecule has 0 heterocycles. The highest BCUT2D eigenvalue weighted by molar-refractivity contribution is 5.93. The molecule has 0 bridgehead atoms. The van der Waals surface area contributed by atoms with Crippen LogP contribution in [0.25, 0.3) is 0 Å². The Kier molecular flexibility index (Phi) is 7.85. The zero-order valence-corrected chi connectivity index (χ0v) is 18.1. The summed E-state index contributed by atoms with van der Waals surface area (Å²) in [4.78, 5) is 23.2. The number of carboxylic acid groups (broad SMARTS) is 1. The first-order valence-electron chi connectivity index (χ1n) is 9.86. The Balaban J connectivity index is 1.58. The zero-order chi connectivity index (χ0) is 23.6. The number of carbonyl (C=O) groups excluding carboxylic acids is 1. The van der Waals surface area contributed by atoms with Crippen LogP contribution in [0.2, 0.25) is 0 Å². The van der Waals surface area contributed by atoms with Gasteiger partial charge in [0.2, 0.25) is 0 Å². The largest absolute Gasteiger partial charge is 0.495 e. The lowest BCUT2D eigenvalue weighted by Gasteiger charge is -2.12. The molecular formula is C24H23N3O6. The maximum Gasteiger partial charge on any atom is 0.335 e. The van der Waals surface area contributed by atoms with Crippen LogP contribution in [-0.4, -0.2) is 44.0 Å². The van der Waals surface area contributed by atoms with Crippen LogP contribution in [0.3, 0.4) is 0 Å². The lowest BCUT2D eigenvalue weighted by molar-refractivity contribution is -0.118. The van der Waals surface area contributed by atoms with Gasteiger partial charge < -0.3 is 24.6 Å². The quantitative estimate of drug-likeness (QED) is 0.318. The van der Waals surface area contributed by atoms with Crippen molar-refractivity contribution in [3.63, 3.8) is 0 Å². The molecule has 9 nitrogen and oxygen atoms in total. The van der Waals surface area contributed by atoms with Crippen molar-refractivity contribution >= 4 is 29.5 Å². The van der Waals surface area contributed by atoms with Crippen LogP contribution < -0.4 is 25.0 Å². The number of benzene rings is 3. The Labute approximate surface area is 190 Å². The van der Waals surface area contributed by atoms with Crippen molar-refractivity contribution in [2.45, 2.75) is 0 Å². The SMILES string of the molecule is COc1ccccc1NC(=O)COc1ccc(/C=N/Nc2ccc(C(=O)O)cc2)cc1OC. The minimum absolute atomic E-state index is 0.196. The molecule has 3 rings (SSSR count). The van der Waals surface area contributed by atoms with Crippen molar-refractivity contribution in [1.82, 2.24) is 0 Å². The van der Waals surface area contributed by atoms with Gasteiger partial charge in [0.1, 0.15) is 5.75 Å². The average molecular weight is 449 g/mol. The molecule has 0 aromatic heterocycles. The van der Waals surface area contributed by atoms with Crippen LogP contribution in [0.1, 0.15) is 15.9 Å². The molecule has 0 saturated carbocycles. The van der Waals surface area contributed by atoms with E-state index in [1.165, 1.54) is 26.4 Å². The standard InChI is InChI=1S/C24H23N3O6/c1-31-20-6-4-3-5-19(20)26-23(28)15-33-21-12-7-16(13-22(21)32-2)14-25-27-18-10-8-17(9-11-18)24(29)30/h3-14,27H,15H2,1-2H3,(H,26,28)(H,29,30)/b25-14+. The van der Waals surface area contributed by atoms with Crippen LogP contribution in [0.5, 0.6) is 17.2 Å². The maximum absolute atomic E-state index is 12.3. The number of nitrogens with zero attached hydrogens (tertiary/aromatic N) is 1. The molecule has 170 valence electrons. The predicted molar refractivity (Wildman–Crippen MR) is 125 cm³/mol. The molecule has 0 radical (unpaired) electrons. The van der Waals surface area contributed by atoms with E-state index in [0.717, 1.165) is 5.56 Å². The van der Waals surface area contributed by atoms with E-state index in [2.05, 4.69) is 15.8 Å². The van der Waals surface area contributed by atoms with Crippen LogP contribution in [0.15, 0.2) is 71.8 Å². The highest BCUT2D eigenvalue weighted by atomic mass is 16.5. The molecular weight excluding hydrogens is 426 g/mol. The number of para-hydroxylation sites is 2. The van der Waals surface area contributed by atoms with Gasteiger partial charge in [0, 0.05) is 0 Å². The highest BCUT2D eigenvalue weighted by Crippen LogP contribution is 2.28. The van der Waals surface area contributed by atoms with Gasteiger partial charge in [0.15, 0.2) is 18.1 Å². The van der Waals surface area contributed by atoms with Gasteiger partial charge in [0.05, 0.1) is 37.4 Å². The summed E-state index contributed by atoms with van der Waals surface area (Å²) in [5.41, 5.74) is 4.95. The first-order valence-corrected chi connectivity index (χ1v) is 9.86. The summed E-state index contributed by atoms with van der Waals surface area (Å²) in [7, 11) is 3.03. The number of methoxy groups -OCH3 is 2. The first kappa shape index (κ1) is 23.1. The number of carbonyl (C=O) groups is 2. The van der Waals surface area contributed by atoms with Gasteiger partial charge in [-0.05, 0) is 60.2 Å². The van der Waals surface area contributed by atoms with Gasteiger partial charge >= 0.3 is 5.97 Å². The normalized spacial score (nSPS) is 10.5. The molecule has 33 heavy (non-hydrogen) atoms. The lowest BCUT2D eigenvalue weighted by Crippen LogP contribution is -2.20. The molecule has 0 saturated heterocycles. The number of rotatable bonds is 10. The summed E-state index contributed by atoms with van der Waals surface area (Å²) in [5.74, 6) is 0.0671. The molecule has 3 aromatic rings. The zero-order valence-electron chi connectivity index (χ0n) is 18.1. The molecule has 0 spiro atoms. The molecule has 3 aromatic carbocycles. The van der Waals surface area contributed by atoms with Crippen LogP contribution in [0, 0.1) is 0 Å². The van der Waals surface area contributed by atoms with E-state index >= 15 is 0 Å². The van der Waals surface area contributed by atoms with Crippen molar-refractivity contribution in [2.75, 3.05) is 31.6 Å². The van der Waals surface area contributed by atoms with Crippen molar-refractivity contribution in [3.05, 3.63) is 77.9 Å². The summed E-state index contributed by atoms with van der Waals surface area (Å²) in [6.07, 6.45) is 1.58. The third-order valence-corrected chi connectivity index (χ3v) is 4.47. The second-order valence-corrected chi connectivity index (χ2v) is 6.70. The molecule has 0 fully saturated rings. The molecule has 9 heteroatoms. The monoisotopic (exact) mass is 449 g/mol. The van der Waals surface area contributed by atoms with Crippen molar-refractivity contribution < 1.29 is 28.9 Å². The van der Waals surface area contributed by atoms with Crippen LogP contribution >= 0.6 is 0 Å². The number of aromatic carboxylic acids is 1. The number of hydrazone groups is 1. The molecule has 0 aliphatic carbocycles. The summed E-state index contributed by atoms with van der Waals surface area (Å²) in [5, 5.41) is 15.8. The topological polar surface area (TPSA) is 118 Å². The Morgan fingerprint density at radius 2 is 1.67 bits per heavy atom. The Morgan fingerprint density at radius 1 is 0.939 bits per heavy atom. The number of hydrogen-bond donors (Lipinski definition) is 3. The molecule has 3 N–H and O–H groups in total. The Bertz CT molecular complexity index is 1150. The minimum Gasteiger partial charge on any atom is -0.495 e. The lowest BCUT2D eigenvalue weighted by atomic mass is 10.2. The van der Waals surface area contributed by atoms with E-state index in [0.29, 0.717) is 28.6 Å². The van der Waals surface area contributed by atoms with Crippen molar-refractivity contribution in [2.24, 2.45) is 5.10 Å². The molecule has 0 atom stereocenters. The van der Waals surface area contributed by atoms with Gasteiger partial charge in [0.25, 0.3) is 5.91 Å². The van der Waals surface area contributed by atoms with Crippen LogP contribution in [-0.2, 0) is 4.79 Å². The first-order chi connectivity index (χ1) is 16.0. The summed E-state index contributed by atoms with van der Waals surface area (Å²) in [6, 6.07) is 18.5. The van der Waals surface area contributed by atoms with E-state index in [1.807, 2.05) is 6.07 Å². The fourth-order valence-electron chi connectivity index (χ4n) is 2.83. The molecule has 0 aliphatic rings. The van der Waals surface area contributed by atoms with Gasteiger partial charge in [-0.15, -0.1) is 0 Å². The summed E-state index contributed by atoms with van der Waals surface area (Å²) in [6.45, 7) is -0.213. The molecule has 1 amide bonds. The Morgan fingerprint density at radius 3 is 2.36 bits per heavy atom. The van der Waals surface area contributed by atoms with Crippen LogP contribution in [0.4, 0.5) is 11.4 Å². The summed E-state index contributed by atoms with van der Waals surface area (Å²) >= 11 is 0. The average Bonchev–Trinajstić information content (AvgIpc) is 2.83. The predicted octanol–water partition coefficient (Wildman–Crippen LogP) is 3.87. The second-order valence-electron chi connectivity index (χ2n) is 6.70. The third-order valence-electron chi connectivity index (χ3n) is 4.47. The number of amides is 1. The Hall–Kier alpha value is -4.53. The molecule has 0 unspecified atom stereocenters. The van der Waals surface area contributed by atoms with E-state index in [4.69, 9.17) is 19.3 Å².